The molecule has 3 aromatic rings. The number of rotatable bonds is 3. The third-order valence-electron chi connectivity index (χ3n) is 2.44. The highest BCUT2D eigenvalue weighted by molar-refractivity contribution is 5.52. The number of furan rings is 1. The van der Waals surface area contributed by atoms with Gasteiger partial charge >= 0.3 is 0 Å². The Morgan fingerprint density at radius 2 is 2.22 bits per heavy atom. The van der Waals surface area contributed by atoms with Crippen LogP contribution in [0.5, 0.6) is 0 Å². The summed E-state index contributed by atoms with van der Waals surface area (Å²) in [6, 6.07) is 5.33. The van der Waals surface area contributed by atoms with Crippen LogP contribution in [0.3, 0.4) is 0 Å². The third kappa shape index (κ3) is 1.80. The van der Waals surface area contributed by atoms with Crippen LogP contribution in [0.25, 0.3) is 23.2 Å². The lowest BCUT2D eigenvalue weighted by Gasteiger charge is -1.87. The average molecular weight is 245 g/mol. The number of hydrogen-bond donors (Lipinski definition) is 1. The fourth-order valence-corrected chi connectivity index (χ4v) is 1.56. The van der Waals surface area contributed by atoms with E-state index in [2.05, 4.69) is 15.2 Å². The molecule has 0 amide bonds. The highest BCUT2D eigenvalue weighted by Gasteiger charge is 2.15. The second kappa shape index (κ2) is 4.11. The monoisotopic (exact) mass is 245 g/mol. The first kappa shape index (κ1) is 10.7. The molecule has 0 aliphatic rings. The lowest BCUT2D eigenvalue weighted by Crippen LogP contribution is -1.92. The van der Waals surface area contributed by atoms with Crippen molar-refractivity contribution in [1.29, 1.82) is 0 Å². The van der Waals surface area contributed by atoms with Crippen molar-refractivity contribution in [3.8, 4) is 23.2 Å². The Kier molecular flexibility index (Phi) is 2.45. The van der Waals surface area contributed by atoms with Crippen LogP contribution in [-0.2, 0) is 13.6 Å². The minimum Gasteiger partial charge on any atom is -0.455 e. The molecule has 0 saturated heterocycles. The zero-order valence-electron chi connectivity index (χ0n) is 9.70. The second-order valence-electron chi connectivity index (χ2n) is 3.77. The molecule has 7 nitrogen and oxygen atoms in total. The molecule has 0 saturated carbocycles. The van der Waals surface area contributed by atoms with Gasteiger partial charge in [0, 0.05) is 13.2 Å². The van der Waals surface area contributed by atoms with E-state index < -0.39 is 0 Å². The SMILES string of the molecule is Cn1ccc(-c2noc(-c3ccc(CN)o3)n2)n1. The molecule has 2 N–H and O–H groups in total. The van der Waals surface area contributed by atoms with Crippen molar-refractivity contribution < 1.29 is 8.94 Å². The van der Waals surface area contributed by atoms with Gasteiger partial charge in [0.1, 0.15) is 11.5 Å². The maximum Gasteiger partial charge on any atom is 0.293 e. The van der Waals surface area contributed by atoms with Crippen LogP contribution in [0, 0.1) is 0 Å². The molecule has 0 bridgehead atoms. The van der Waals surface area contributed by atoms with E-state index in [4.69, 9.17) is 14.7 Å². The quantitative estimate of drug-likeness (QED) is 0.744. The summed E-state index contributed by atoms with van der Waals surface area (Å²) in [5, 5.41) is 8.05. The Labute approximate surface area is 102 Å². The standard InChI is InChI=1S/C11H11N5O2/c1-16-5-4-8(14-16)10-13-11(18-15-10)9-3-2-7(6-12)17-9/h2-5H,6,12H2,1H3. The molecule has 0 radical (unpaired) electrons. The molecule has 0 aromatic carbocycles. The number of nitrogens with two attached hydrogens (primary N) is 1. The first-order chi connectivity index (χ1) is 8.76. The van der Waals surface area contributed by atoms with Crippen LogP contribution in [0.2, 0.25) is 0 Å². The Morgan fingerprint density at radius 1 is 1.33 bits per heavy atom. The molecule has 0 spiro atoms. The van der Waals surface area contributed by atoms with E-state index >= 15 is 0 Å². The summed E-state index contributed by atoms with van der Waals surface area (Å²) in [4.78, 5) is 4.22. The van der Waals surface area contributed by atoms with E-state index in [0.717, 1.165) is 0 Å². The van der Waals surface area contributed by atoms with Crippen LogP contribution in [0.15, 0.2) is 33.3 Å². The second-order valence-corrected chi connectivity index (χ2v) is 3.77. The molecule has 0 aliphatic carbocycles. The molecule has 3 heterocycles. The number of hydrogen-bond acceptors (Lipinski definition) is 6. The topological polar surface area (TPSA) is 95.9 Å². The van der Waals surface area contributed by atoms with Gasteiger partial charge in [-0.2, -0.15) is 10.1 Å². The molecular weight excluding hydrogens is 234 g/mol. The summed E-state index contributed by atoms with van der Waals surface area (Å²) in [5.74, 6) is 1.92. The maximum atomic E-state index is 5.47. The molecule has 0 aliphatic heterocycles. The first-order valence-electron chi connectivity index (χ1n) is 5.39. The number of nitrogens with zero attached hydrogens (tertiary/aromatic N) is 4. The van der Waals surface area contributed by atoms with Gasteiger partial charge < -0.3 is 14.7 Å². The van der Waals surface area contributed by atoms with Gasteiger partial charge in [-0.15, -0.1) is 0 Å². The minimum absolute atomic E-state index is 0.315. The van der Waals surface area contributed by atoms with Crippen LogP contribution >= 0.6 is 0 Å². The molecule has 0 fully saturated rings. The Hall–Kier alpha value is -2.41. The van der Waals surface area contributed by atoms with E-state index in [0.29, 0.717) is 35.5 Å². The van der Waals surface area contributed by atoms with Gasteiger partial charge in [-0.3, -0.25) is 4.68 Å². The van der Waals surface area contributed by atoms with E-state index in [1.807, 2.05) is 19.3 Å². The van der Waals surface area contributed by atoms with Gasteiger partial charge in [-0.1, -0.05) is 5.16 Å². The van der Waals surface area contributed by atoms with Crippen molar-refractivity contribution in [3.05, 3.63) is 30.2 Å². The minimum atomic E-state index is 0.315. The van der Waals surface area contributed by atoms with Gasteiger partial charge in [0.2, 0.25) is 5.82 Å². The Balaban J connectivity index is 1.93. The fraction of sp³-hybridized carbons (Fsp3) is 0.182. The lowest BCUT2D eigenvalue weighted by molar-refractivity contribution is 0.411. The fourth-order valence-electron chi connectivity index (χ4n) is 1.56. The maximum absolute atomic E-state index is 5.47. The molecular formula is C11H11N5O2. The van der Waals surface area contributed by atoms with Gasteiger partial charge in [-0.25, -0.2) is 0 Å². The third-order valence-corrected chi connectivity index (χ3v) is 2.44. The van der Waals surface area contributed by atoms with Crippen LogP contribution in [-0.4, -0.2) is 19.9 Å². The summed E-state index contributed by atoms with van der Waals surface area (Å²) in [7, 11) is 1.82. The highest BCUT2D eigenvalue weighted by atomic mass is 16.5. The van der Waals surface area contributed by atoms with Crippen molar-refractivity contribution in [3.63, 3.8) is 0 Å². The van der Waals surface area contributed by atoms with Crippen molar-refractivity contribution in [2.75, 3.05) is 0 Å². The summed E-state index contributed by atoms with van der Waals surface area (Å²) in [5.41, 5.74) is 6.12. The van der Waals surface area contributed by atoms with E-state index in [-0.39, 0.29) is 0 Å². The van der Waals surface area contributed by atoms with Crippen molar-refractivity contribution >= 4 is 0 Å². The van der Waals surface area contributed by atoms with Gasteiger partial charge in [-0.05, 0) is 18.2 Å². The van der Waals surface area contributed by atoms with Crippen molar-refractivity contribution in [1.82, 2.24) is 19.9 Å². The predicted octanol–water partition coefficient (Wildman–Crippen LogP) is 1.19. The van der Waals surface area contributed by atoms with Crippen molar-refractivity contribution in [2.24, 2.45) is 12.8 Å². The van der Waals surface area contributed by atoms with Crippen LogP contribution in [0.4, 0.5) is 0 Å². The van der Waals surface area contributed by atoms with Crippen molar-refractivity contribution in [2.45, 2.75) is 6.54 Å². The molecule has 92 valence electrons. The molecule has 18 heavy (non-hydrogen) atoms. The highest BCUT2D eigenvalue weighted by Crippen LogP contribution is 2.22. The molecule has 0 atom stereocenters. The normalized spacial score (nSPS) is 11.0. The zero-order chi connectivity index (χ0) is 12.5. The smallest absolute Gasteiger partial charge is 0.293 e. The zero-order valence-corrected chi connectivity index (χ0v) is 9.70. The average Bonchev–Trinajstić information content (AvgIpc) is 3.07. The Bertz CT molecular complexity index is 666. The number of aromatic nitrogens is 4. The molecule has 0 unspecified atom stereocenters. The summed E-state index contributed by atoms with van der Waals surface area (Å²) in [6.45, 7) is 0.335. The van der Waals surface area contributed by atoms with E-state index in [1.165, 1.54) is 0 Å². The first-order valence-corrected chi connectivity index (χ1v) is 5.39. The summed E-state index contributed by atoms with van der Waals surface area (Å²) < 4.78 is 12.2. The van der Waals surface area contributed by atoms with Crippen LogP contribution in [0.1, 0.15) is 5.76 Å². The summed E-state index contributed by atoms with van der Waals surface area (Å²) in [6.07, 6.45) is 1.81. The molecule has 3 rings (SSSR count). The van der Waals surface area contributed by atoms with E-state index in [9.17, 15) is 0 Å². The molecule has 3 aromatic heterocycles. The summed E-state index contributed by atoms with van der Waals surface area (Å²) >= 11 is 0. The Morgan fingerprint density at radius 3 is 2.89 bits per heavy atom. The van der Waals surface area contributed by atoms with Crippen LogP contribution < -0.4 is 5.73 Å². The molecule has 7 heteroatoms. The number of aryl methyl sites for hydroxylation is 1. The predicted molar refractivity (Wildman–Crippen MR) is 62.1 cm³/mol. The van der Waals surface area contributed by atoms with Gasteiger partial charge in [0.25, 0.3) is 5.89 Å². The van der Waals surface area contributed by atoms with E-state index in [1.54, 1.807) is 16.8 Å². The largest absolute Gasteiger partial charge is 0.455 e. The van der Waals surface area contributed by atoms with Gasteiger partial charge in [0.05, 0.1) is 6.54 Å². The van der Waals surface area contributed by atoms with Gasteiger partial charge in [0.15, 0.2) is 5.76 Å². The lowest BCUT2D eigenvalue weighted by atomic mass is 10.4.